The first kappa shape index (κ1) is 17.2. The van der Waals surface area contributed by atoms with Crippen molar-refractivity contribution in [2.75, 3.05) is 46.6 Å². The SMILES string of the molecule is COC(=O)N1CC2=C(S1)C(N1CCOCC1)COc1ccc(Br)cc12. The van der Waals surface area contributed by atoms with Crippen LogP contribution in [0.4, 0.5) is 4.79 Å². The highest BCUT2D eigenvalue weighted by Gasteiger charge is 2.39. The van der Waals surface area contributed by atoms with Crippen LogP contribution in [0, 0.1) is 0 Å². The lowest BCUT2D eigenvalue weighted by molar-refractivity contribution is 0.0166. The maximum Gasteiger partial charge on any atom is 0.420 e. The third-order valence-electron chi connectivity index (χ3n) is 4.64. The second kappa shape index (κ2) is 7.19. The Bertz CT molecular complexity index is 721. The summed E-state index contributed by atoms with van der Waals surface area (Å²) in [6.45, 7) is 4.26. The number of methoxy groups -OCH3 is 1. The van der Waals surface area contributed by atoms with Crippen molar-refractivity contribution in [3.63, 3.8) is 0 Å². The van der Waals surface area contributed by atoms with Gasteiger partial charge in [0.2, 0.25) is 0 Å². The largest absolute Gasteiger partial charge is 0.491 e. The number of carbonyl (C=O) groups is 1. The summed E-state index contributed by atoms with van der Waals surface area (Å²) in [6, 6.07) is 6.14. The van der Waals surface area contributed by atoms with Crippen molar-refractivity contribution in [3.05, 3.63) is 33.1 Å². The van der Waals surface area contributed by atoms with Crippen molar-refractivity contribution in [1.82, 2.24) is 9.21 Å². The van der Waals surface area contributed by atoms with Gasteiger partial charge in [-0.05, 0) is 35.7 Å². The Kier molecular flexibility index (Phi) is 4.95. The molecule has 0 N–H and O–H groups in total. The number of nitrogens with zero attached hydrogens (tertiary/aromatic N) is 2. The summed E-state index contributed by atoms with van der Waals surface area (Å²) < 4.78 is 19.2. The van der Waals surface area contributed by atoms with Gasteiger partial charge in [-0.2, -0.15) is 0 Å². The van der Waals surface area contributed by atoms with E-state index in [-0.39, 0.29) is 12.1 Å². The number of benzene rings is 1. The maximum atomic E-state index is 12.1. The van der Waals surface area contributed by atoms with Crippen molar-refractivity contribution >= 4 is 39.5 Å². The molecule has 6 nitrogen and oxygen atoms in total. The molecule has 1 fully saturated rings. The Balaban J connectivity index is 1.73. The molecule has 0 aliphatic carbocycles. The number of ether oxygens (including phenoxy) is 3. The van der Waals surface area contributed by atoms with Gasteiger partial charge in [0.05, 0.1) is 32.9 Å². The van der Waals surface area contributed by atoms with Gasteiger partial charge in [0.25, 0.3) is 0 Å². The fourth-order valence-electron chi connectivity index (χ4n) is 3.38. The average Bonchev–Trinajstić information content (AvgIpc) is 3.02. The minimum Gasteiger partial charge on any atom is -0.491 e. The van der Waals surface area contributed by atoms with Crippen LogP contribution >= 0.6 is 27.9 Å². The molecule has 1 saturated heterocycles. The van der Waals surface area contributed by atoms with Crippen LogP contribution in [0.2, 0.25) is 0 Å². The lowest BCUT2D eigenvalue weighted by Gasteiger charge is -2.34. The van der Waals surface area contributed by atoms with E-state index in [2.05, 4.69) is 26.9 Å². The van der Waals surface area contributed by atoms with Gasteiger partial charge in [0, 0.05) is 28.0 Å². The van der Waals surface area contributed by atoms with Crippen molar-refractivity contribution < 1.29 is 19.0 Å². The predicted molar refractivity (Wildman–Crippen MR) is 99.4 cm³/mol. The quantitative estimate of drug-likeness (QED) is 0.643. The van der Waals surface area contributed by atoms with E-state index in [0.717, 1.165) is 47.7 Å². The average molecular weight is 427 g/mol. The maximum absolute atomic E-state index is 12.1. The summed E-state index contributed by atoms with van der Waals surface area (Å²) in [5, 5.41) is 0. The molecule has 25 heavy (non-hydrogen) atoms. The number of hydrogen-bond acceptors (Lipinski definition) is 6. The van der Waals surface area contributed by atoms with E-state index in [4.69, 9.17) is 14.2 Å². The number of carbonyl (C=O) groups excluding carboxylic acids is 1. The zero-order valence-corrected chi connectivity index (χ0v) is 16.3. The zero-order chi connectivity index (χ0) is 17.4. The fourth-order valence-corrected chi connectivity index (χ4v) is 4.94. The molecule has 8 heteroatoms. The van der Waals surface area contributed by atoms with Gasteiger partial charge in [0.15, 0.2) is 0 Å². The van der Waals surface area contributed by atoms with E-state index in [9.17, 15) is 4.79 Å². The van der Waals surface area contributed by atoms with E-state index in [0.29, 0.717) is 13.2 Å². The van der Waals surface area contributed by atoms with Gasteiger partial charge in [-0.1, -0.05) is 15.9 Å². The molecule has 1 atom stereocenters. The Morgan fingerprint density at radius 1 is 1.36 bits per heavy atom. The first-order chi connectivity index (χ1) is 12.2. The van der Waals surface area contributed by atoms with E-state index in [1.54, 1.807) is 4.31 Å². The number of halogens is 1. The van der Waals surface area contributed by atoms with Crippen molar-refractivity contribution in [2.24, 2.45) is 0 Å². The zero-order valence-electron chi connectivity index (χ0n) is 13.9. The molecule has 134 valence electrons. The monoisotopic (exact) mass is 426 g/mol. The Morgan fingerprint density at radius 3 is 2.92 bits per heavy atom. The van der Waals surface area contributed by atoms with Gasteiger partial charge in [-0.15, -0.1) is 0 Å². The van der Waals surface area contributed by atoms with Gasteiger partial charge >= 0.3 is 6.09 Å². The second-order valence-electron chi connectivity index (χ2n) is 6.06. The van der Waals surface area contributed by atoms with Crippen LogP contribution in [0.1, 0.15) is 5.56 Å². The van der Waals surface area contributed by atoms with Gasteiger partial charge in [-0.3, -0.25) is 4.90 Å². The third-order valence-corrected chi connectivity index (χ3v) is 6.35. The minimum atomic E-state index is -0.323. The smallest absolute Gasteiger partial charge is 0.420 e. The summed E-state index contributed by atoms with van der Waals surface area (Å²) in [5.74, 6) is 0.860. The van der Waals surface area contributed by atoms with Crippen LogP contribution < -0.4 is 4.74 Å². The first-order valence-corrected chi connectivity index (χ1v) is 9.75. The molecule has 0 saturated carbocycles. The number of amides is 1. The Hall–Kier alpha value is -1.22. The fraction of sp³-hybridized carbons (Fsp3) is 0.471. The number of fused-ring (bicyclic) bond motifs is 2. The highest BCUT2D eigenvalue weighted by atomic mass is 79.9. The normalized spacial score (nSPS) is 23.6. The third kappa shape index (κ3) is 3.28. The van der Waals surface area contributed by atoms with Gasteiger partial charge in [-0.25, -0.2) is 9.10 Å². The number of morpholine rings is 1. The summed E-state index contributed by atoms with van der Waals surface area (Å²) >= 11 is 5.02. The minimum absolute atomic E-state index is 0.115. The van der Waals surface area contributed by atoms with Crippen LogP contribution in [0.3, 0.4) is 0 Å². The summed E-state index contributed by atoms with van der Waals surface area (Å²) in [5.41, 5.74) is 2.18. The highest BCUT2D eigenvalue weighted by molar-refractivity contribution is 9.10. The molecule has 1 aromatic rings. The van der Waals surface area contributed by atoms with E-state index >= 15 is 0 Å². The molecule has 0 aromatic heterocycles. The van der Waals surface area contributed by atoms with E-state index in [1.807, 2.05) is 12.1 Å². The molecule has 4 rings (SSSR count). The summed E-state index contributed by atoms with van der Waals surface area (Å²) in [6.07, 6.45) is -0.323. The lowest BCUT2D eigenvalue weighted by Crippen LogP contribution is -2.46. The predicted octanol–water partition coefficient (Wildman–Crippen LogP) is 2.98. The summed E-state index contributed by atoms with van der Waals surface area (Å²) in [7, 11) is 1.42. The number of rotatable bonds is 1. The molecule has 3 heterocycles. The standard InChI is InChI=1S/C17H19BrN2O4S/c1-22-17(21)20-9-13-12-8-11(18)2-3-15(12)24-10-14(16(13)25-20)19-4-6-23-7-5-19/h2-3,8,14H,4-7,9-10H2,1H3. The van der Waals surface area contributed by atoms with Crippen LogP contribution in [-0.2, 0) is 9.47 Å². The van der Waals surface area contributed by atoms with Crippen LogP contribution in [0.15, 0.2) is 27.6 Å². The van der Waals surface area contributed by atoms with Crippen molar-refractivity contribution in [3.8, 4) is 5.75 Å². The van der Waals surface area contributed by atoms with Crippen molar-refractivity contribution in [2.45, 2.75) is 6.04 Å². The van der Waals surface area contributed by atoms with Crippen molar-refractivity contribution in [1.29, 1.82) is 0 Å². The Labute approximate surface area is 159 Å². The van der Waals surface area contributed by atoms with Crippen LogP contribution in [-0.4, -0.2) is 67.9 Å². The lowest BCUT2D eigenvalue weighted by atomic mass is 10.0. The highest BCUT2D eigenvalue weighted by Crippen LogP contribution is 2.46. The van der Waals surface area contributed by atoms with E-state index < -0.39 is 0 Å². The van der Waals surface area contributed by atoms with E-state index in [1.165, 1.54) is 24.0 Å². The molecule has 3 aliphatic heterocycles. The molecule has 1 amide bonds. The van der Waals surface area contributed by atoms with Gasteiger partial charge in [0.1, 0.15) is 12.4 Å². The van der Waals surface area contributed by atoms with Crippen LogP contribution in [0.5, 0.6) is 5.75 Å². The first-order valence-electron chi connectivity index (χ1n) is 8.18. The molecule has 3 aliphatic rings. The van der Waals surface area contributed by atoms with Crippen LogP contribution in [0.25, 0.3) is 5.57 Å². The molecular weight excluding hydrogens is 408 g/mol. The molecule has 0 radical (unpaired) electrons. The molecule has 1 unspecified atom stereocenters. The summed E-state index contributed by atoms with van der Waals surface area (Å²) in [4.78, 5) is 15.6. The topological polar surface area (TPSA) is 51.2 Å². The molecule has 1 aromatic carbocycles. The molecule has 0 bridgehead atoms. The van der Waals surface area contributed by atoms with Gasteiger partial charge < -0.3 is 14.2 Å². The number of hydrogen-bond donors (Lipinski definition) is 0. The second-order valence-corrected chi connectivity index (χ2v) is 8.04. The molecular formula is C17H19BrN2O4S. The Morgan fingerprint density at radius 2 is 2.16 bits per heavy atom. The molecule has 0 spiro atoms.